The standard InChI is InChI=1S/C21H15FN.C11H20O2.Ir/c1-13-9-14(2)11-15(10-13)21-19-12-16(22)7-8-17(19)18-5-3-4-6-20(18)23-21;1-10(2,3)8(12)7-9(13)11(4,5)6;/h3-10,12H,1-2H3;7,12H,1-6H3;/q-1;;/b;8-7-;. The molecule has 4 aromatic rings. The molecule has 37 heavy (non-hydrogen) atoms. The van der Waals surface area contributed by atoms with Crippen molar-refractivity contribution in [2.45, 2.75) is 55.4 Å². The van der Waals surface area contributed by atoms with Crippen molar-refractivity contribution < 1.29 is 34.4 Å². The van der Waals surface area contributed by atoms with Crippen LogP contribution in [0.1, 0.15) is 52.7 Å². The van der Waals surface area contributed by atoms with Crippen LogP contribution >= 0.6 is 0 Å². The maximum atomic E-state index is 13.9. The predicted molar refractivity (Wildman–Crippen MR) is 148 cm³/mol. The molecule has 3 aromatic carbocycles. The van der Waals surface area contributed by atoms with Crippen molar-refractivity contribution in [2.24, 2.45) is 10.8 Å². The fraction of sp³-hybridized carbons (Fsp3) is 0.312. The van der Waals surface area contributed by atoms with Gasteiger partial charge in [0.1, 0.15) is 11.6 Å². The van der Waals surface area contributed by atoms with Crippen LogP contribution in [0.25, 0.3) is 32.9 Å². The number of aliphatic hydroxyl groups excluding tert-OH is 1. The fourth-order valence-electron chi connectivity index (χ4n) is 3.71. The zero-order valence-corrected chi connectivity index (χ0v) is 25.2. The van der Waals surface area contributed by atoms with E-state index >= 15 is 0 Å². The van der Waals surface area contributed by atoms with Gasteiger partial charge in [-0.15, -0.1) is 34.9 Å². The van der Waals surface area contributed by atoms with E-state index in [1.54, 1.807) is 6.07 Å². The van der Waals surface area contributed by atoms with Crippen molar-refractivity contribution in [2.75, 3.05) is 0 Å². The first-order chi connectivity index (χ1) is 16.7. The average Bonchev–Trinajstić information content (AvgIpc) is 2.76. The molecule has 1 radical (unpaired) electrons. The maximum Gasteiger partial charge on any atom is 0.164 e. The van der Waals surface area contributed by atoms with Gasteiger partial charge in [0, 0.05) is 42.4 Å². The second-order valence-corrected chi connectivity index (χ2v) is 11.3. The first-order valence-corrected chi connectivity index (χ1v) is 12.1. The fourth-order valence-corrected chi connectivity index (χ4v) is 3.71. The van der Waals surface area contributed by atoms with Crippen LogP contribution in [0.3, 0.4) is 0 Å². The van der Waals surface area contributed by atoms with E-state index in [0.717, 1.165) is 44.1 Å². The van der Waals surface area contributed by atoms with Crippen LogP contribution in [-0.4, -0.2) is 15.9 Å². The summed E-state index contributed by atoms with van der Waals surface area (Å²) in [4.78, 5) is 16.3. The third-order valence-corrected chi connectivity index (χ3v) is 5.84. The van der Waals surface area contributed by atoms with Crippen LogP contribution in [-0.2, 0) is 24.9 Å². The van der Waals surface area contributed by atoms with E-state index < -0.39 is 5.41 Å². The number of aromatic nitrogens is 1. The number of hydrogen-bond acceptors (Lipinski definition) is 3. The van der Waals surface area contributed by atoms with Gasteiger partial charge in [-0.05, 0) is 34.7 Å². The number of nitrogens with zero attached hydrogens (tertiary/aromatic N) is 1. The third kappa shape index (κ3) is 7.56. The number of benzene rings is 3. The Labute approximate surface area is 233 Å². The topological polar surface area (TPSA) is 50.2 Å². The first kappa shape index (κ1) is 30.3. The van der Waals surface area contributed by atoms with Gasteiger partial charge < -0.3 is 5.11 Å². The molecule has 0 bridgehead atoms. The van der Waals surface area contributed by atoms with Gasteiger partial charge in [-0.1, -0.05) is 79.7 Å². The van der Waals surface area contributed by atoms with Crippen molar-refractivity contribution in [3.8, 4) is 11.3 Å². The average molecular weight is 677 g/mol. The van der Waals surface area contributed by atoms with Crippen molar-refractivity contribution in [1.29, 1.82) is 0 Å². The zero-order chi connectivity index (χ0) is 26.8. The molecular formula is C32H35FIrNO2-. The Kier molecular flexibility index (Phi) is 9.57. The SMILES string of the molecule is CC(C)(C)C(=O)/C=C(\O)C(C)(C)C.Cc1[c-]c(-c2nc3ccccc3c3ccc(F)cc23)cc(C)c1.[Ir]. The summed E-state index contributed by atoms with van der Waals surface area (Å²) in [5, 5.41) is 12.4. The van der Waals surface area contributed by atoms with Crippen LogP contribution in [0, 0.1) is 36.6 Å². The van der Waals surface area contributed by atoms with E-state index in [-0.39, 0.29) is 42.9 Å². The Hall–Kier alpha value is -2.88. The number of para-hydroxylation sites is 1. The van der Waals surface area contributed by atoms with E-state index in [2.05, 4.69) is 18.2 Å². The molecule has 5 heteroatoms. The minimum Gasteiger partial charge on any atom is -0.512 e. The van der Waals surface area contributed by atoms with Crippen LogP contribution < -0.4 is 0 Å². The molecule has 197 valence electrons. The molecule has 0 aliphatic rings. The quantitative estimate of drug-likeness (QED) is 0.100. The number of hydrogen-bond donors (Lipinski definition) is 1. The molecule has 1 aromatic heterocycles. The van der Waals surface area contributed by atoms with Crippen LogP contribution in [0.2, 0.25) is 0 Å². The molecule has 0 saturated heterocycles. The second kappa shape index (κ2) is 11.7. The molecule has 0 unspecified atom stereocenters. The molecule has 0 saturated carbocycles. The van der Waals surface area contributed by atoms with Crippen LogP contribution in [0.4, 0.5) is 4.39 Å². The summed E-state index contributed by atoms with van der Waals surface area (Å²) in [6.07, 6.45) is 1.33. The molecular weight excluding hydrogens is 642 g/mol. The van der Waals surface area contributed by atoms with E-state index in [9.17, 15) is 14.3 Å². The number of pyridine rings is 1. The Balaban J connectivity index is 0.000000299. The van der Waals surface area contributed by atoms with E-state index in [0.29, 0.717) is 0 Å². The minimum atomic E-state index is -0.417. The predicted octanol–water partition coefficient (Wildman–Crippen LogP) is 8.70. The van der Waals surface area contributed by atoms with Crippen molar-refractivity contribution >= 4 is 27.5 Å². The Bertz CT molecular complexity index is 1440. The zero-order valence-electron chi connectivity index (χ0n) is 22.8. The summed E-state index contributed by atoms with van der Waals surface area (Å²) in [5.74, 6) is -0.146. The minimum absolute atomic E-state index is 0. The number of allylic oxidation sites excluding steroid dienone is 2. The maximum absolute atomic E-state index is 13.9. The number of carbonyl (C=O) groups is 1. The number of aliphatic hydroxyl groups is 1. The molecule has 3 nitrogen and oxygen atoms in total. The van der Waals surface area contributed by atoms with Crippen LogP contribution in [0.15, 0.2) is 66.4 Å². The van der Waals surface area contributed by atoms with E-state index in [4.69, 9.17) is 4.98 Å². The normalized spacial score (nSPS) is 12.1. The Morgan fingerprint density at radius 2 is 1.54 bits per heavy atom. The van der Waals surface area contributed by atoms with Crippen molar-refractivity contribution in [3.63, 3.8) is 0 Å². The third-order valence-electron chi connectivity index (χ3n) is 5.84. The molecule has 4 rings (SSSR count). The molecule has 0 spiro atoms. The Morgan fingerprint density at radius 3 is 2.14 bits per heavy atom. The first-order valence-electron chi connectivity index (χ1n) is 12.1. The summed E-state index contributed by atoms with van der Waals surface area (Å²) < 4.78 is 13.9. The second-order valence-electron chi connectivity index (χ2n) is 11.3. The number of ketones is 1. The van der Waals surface area contributed by atoms with Gasteiger partial charge in [0.15, 0.2) is 5.78 Å². The molecule has 1 heterocycles. The van der Waals surface area contributed by atoms with Crippen molar-refractivity contribution in [1.82, 2.24) is 4.98 Å². The van der Waals surface area contributed by atoms with Gasteiger partial charge in [0.05, 0.1) is 5.52 Å². The number of rotatable bonds is 2. The van der Waals surface area contributed by atoms with Crippen LogP contribution in [0.5, 0.6) is 0 Å². The van der Waals surface area contributed by atoms with Gasteiger partial charge in [-0.2, -0.15) is 0 Å². The van der Waals surface area contributed by atoms with Gasteiger partial charge in [0.25, 0.3) is 0 Å². The molecule has 0 aliphatic carbocycles. The Morgan fingerprint density at radius 1 is 0.892 bits per heavy atom. The van der Waals surface area contributed by atoms with Gasteiger partial charge in [0.2, 0.25) is 0 Å². The number of carbonyl (C=O) groups excluding carboxylic acids is 1. The van der Waals surface area contributed by atoms with Crippen molar-refractivity contribution in [3.05, 3.63) is 89.4 Å². The molecule has 0 atom stereocenters. The smallest absolute Gasteiger partial charge is 0.164 e. The van der Waals surface area contributed by atoms with E-state index in [1.165, 1.54) is 12.1 Å². The molecule has 0 amide bonds. The molecule has 1 N–H and O–H groups in total. The summed E-state index contributed by atoms with van der Waals surface area (Å²) in [5.41, 5.74) is 4.04. The summed E-state index contributed by atoms with van der Waals surface area (Å²) in [7, 11) is 0. The number of fused-ring (bicyclic) bond motifs is 3. The number of aryl methyl sites for hydroxylation is 2. The summed E-state index contributed by atoms with van der Waals surface area (Å²) in [6.45, 7) is 15.2. The van der Waals surface area contributed by atoms with E-state index in [1.807, 2.05) is 85.7 Å². The largest absolute Gasteiger partial charge is 0.512 e. The molecule has 0 fully saturated rings. The number of halogens is 1. The van der Waals surface area contributed by atoms with Gasteiger partial charge in [-0.25, -0.2) is 4.39 Å². The van der Waals surface area contributed by atoms with Gasteiger partial charge in [-0.3, -0.25) is 9.78 Å². The summed E-state index contributed by atoms with van der Waals surface area (Å²) >= 11 is 0. The van der Waals surface area contributed by atoms with Gasteiger partial charge >= 0.3 is 0 Å². The molecule has 0 aliphatic heterocycles. The monoisotopic (exact) mass is 677 g/mol. The summed E-state index contributed by atoms with van der Waals surface area (Å²) in [6, 6.07) is 20.4.